The first-order chi connectivity index (χ1) is 12.8. The number of benzene rings is 1. The number of carbonyl (C=O) groups is 1. The van der Waals surface area contributed by atoms with Crippen LogP contribution in [0.5, 0.6) is 0 Å². The number of rotatable bonds is 7. The maximum Gasteiger partial charge on any atom is 0.234 e. The molecule has 0 unspecified atom stereocenters. The number of piperidine rings is 1. The third kappa shape index (κ3) is 5.08. The lowest BCUT2D eigenvalue weighted by molar-refractivity contribution is -0.122. The van der Waals surface area contributed by atoms with Crippen LogP contribution < -0.4 is 5.32 Å². The van der Waals surface area contributed by atoms with Crippen molar-refractivity contribution in [3.05, 3.63) is 35.9 Å². The van der Waals surface area contributed by atoms with Crippen LogP contribution in [0.2, 0.25) is 0 Å². The summed E-state index contributed by atoms with van der Waals surface area (Å²) in [5, 5.41) is 3.11. The highest BCUT2D eigenvalue weighted by atomic mass is 16.2. The van der Waals surface area contributed by atoms with E-state index in [-0.39, 0.29) is 5.91 Å². The molecule has 1 aromatic carbocycles. The van der Waals surface area contributed by atoms with Crippen molar-refractivity contribution in [2.75, 3.05) is 39.3 Å². The van der Waals surface area contributed by atoms with Gasteiger partial charge in [-0.15, -0.1) is 0 Å². The smallest absolute Gasteiger partial charge is 0.234 e. The Morgan fingerprint density at radius 3 is 2.35 bits per heavy atom. The molecule has 1 amide bonds. The van der Waals surface area contributed by atoms with Gasteiger partial charge in [0.2, 0.25) is 5.91 Å². The van der Waals surface area contributed by atoms with E-state index in [4.69, 9.17) is 0 Å². The van der Waals surface area contributed by atoms with Gasteiger partial charge in [0, 0.05) is 19.1 Å². The van der Waals surface area contributed by atoms with Gasteiger partial charge in [-0.3, -0.25) is 9.69 Å². The van der Waals surface area contributed by atoms with E-state index in [0.717, 1.165) is 24.9 Å². The van der Waals surface area contributed by atoms with Crippen molar-refractivity contribution in [3.63, 3.8) is 0 Å². The molecule has 1 N–H and O–H groups in total. The number of nitrogens with one attached hydrogen (secondary N) is 1. The molecule has 1 saturated carbocycles. The van der Waals surface area contributed by atoms with E-state index in [0.29, 0.717) is 12.6 Å². The Morgan fingerprint density at radius 2 is 1.62 bits per heavy atom. The number of hydrogen-bond donors (Lipinski definition) is 1. The molecular formula is C22H33N3O. The summed E-state index contributed by atoms with van der Waals surface area (Å²) in [7, 11) is 0. The van der Waals surface area contributed by atoms with Gasteiger partial charge < -0.3 is 10.2 Å². The van der Waals surface area contributed by atoms with Gasteiger partial charge >= 0.3 is 0 Å². The van der Waals surface area contributed by atoms with E-state index in [9.17, 15) is 4.79 Å². The molecule has 4 nitrogen and oxygen atoms in total. The third-order valence-corrected chi connectivity index (χ3v) is 6.48. The molecule has 2 saturated heterocycles. The fraction of sp³-hybridized carbons (Fsp3) is 0.682. The topological polar surface area (TPSA) is 35.6 Å². The van der Waals surface area contributed by atoms with Crippen LogP contribution in [0.1, 0.15) is 37.7 Å². The Morgan fingerprint density at radius 1 is 0.923 bits per heavy atom. The van der Waals surface area contributed by atoms with Crippen molar-refractivity contribution < 1.29 is 4.79 Å². The fourth-order valence-corrected chi connectivity index (χ4v) is 4.67. The summed E-state index contributed by atoms with van der Waals surface area (Å²) in [5.74, 6) is 1.96. The zero-order valence-corrected chi connectivity index (χ0v) is 15.9. The van der Waals surface area contributed by atoms with Gasteiger partial charge in [-0.2, -0.15) is 0 Å². The highest BCUT2D eigenvalue weighted by Gasteiger charge is 2.32. The molecule has 26 heavy (non-hydrogen) atoms. The van der Waals surface area contributed by atoms with Crippen LogP contribution >= 0.6 is 0 Å². The first-order valence-corrected chi connectivity index (χ1v) is 10.5. The van der Waals surface area contributed by atoms with Crippen LogP contribution in [-0.4, -0.2) is 61.0 Å². The summed E-state index contributed by atoms with van der Waals surface area (Å²) in [5.41, 5.74) is 1.45. The SMILES string of the molecule is O=C(CN1CCC([C@H]2CCN(CCc3ccccc3)C2)CC1)NC1CC1. The standard InChI is InChI=1S/C22H33N3O/c26-22(23-21-6-7-21)17-25-13-9-19(10-14-25)20-11-15-24(16-20)12-8-18-4-2-1-3-5-18/h1-5,19-21H,6-17H2,(H,23,26)/t20-/m0/s1. The average Bonchev–Trinajstić information content (AvgIpc) is 3.35. The van der Waals surface area contributed by atoms with Crippen LogP contribution in [0.3, 0.4) is 0 Å². The molecule has 3 fully saturated rings. The van der Waals surface area contributed by atoms with Crippen LogP contribution in [0, 0.1) is 11.8 Å². The van der Waals surface area contributed by atoms with Gasteiger partial charge in [0.1, 0.15) is 0 Å². The average molecular weight is 356 g/mol. The van der Waals surface area contributed by atoms with Gasteiger partial charge in [0.15, 0.2) is 0 Å². The molecule has 0 aromatic heterocycles. The molecule has 4 heteroatoms. The van der Waals surface area contributed by atoms with E-state index in [1.807, 2.05) is 0 Å². The quantitative estimate of drug-likeness (QED) is 0.816. The van der Waals surface area contributed by atoms with Crippen molar-refractivity contribution in [3.8, 4) is 0 Å². The Hall–Kier alpha value is -1.39. The number of amides is 1. The number of hydrogen-bond acceptors (Lipinski definition) is 3. The summed E-state index contributed by atoms with van der Waals surface area (Å²) < 4.78 is 0. The molecule has 2 heterocycles. The van der Waals surface area contributed by atoms with Gasteiger partial charge in [-0.1, -0.05) is 30.3 Å². The molecular weight excluding hydrogens is 322 g/mol. The molecule has 0 spiro atoms. The van der Waals surface area contributed by atoms with Crippen molar-refractivity contribution >= 4 is 5.91 Å². The first kappa shape index (κ1) is 18.0. The molecule has 1 aromatic rings. The van der Waals surface area contributed by atoms with Crippen molar-refractivity contribution in [1.82, 2.24) is 15.1 Å². The summed E-state index contributed by atoms with van der Waals surface area (Å²) in [6, 6.07) is 11.3. The predicted molar refractivity (Wildman–Crippen MR) is 105 cm³/mol. The highest BCUT2D eigenvalue weighted by molar-refractivity contribution is 5.78. The first-order valence-electron chi connectivity index (χ1n) is 10.5. The Bertz CT molecular complexity index is 578. The van der Waals surface area contributed by atoms with E-state index in [1.165, 1.54) is 63.7 Å². The van der Waals surface area contributed by atoms with Gasteiger partial charge in [0.05, 0.1) is 6.54 Å². The Balaban J connectivity index is 1.15. The van der Waals surface area contributed by atoms with Crippen molar-refractivity contribution in [1.29, 1.82) is 0 Å². The highest BCUT2D eigenvalue weighted by Crippen LogP contribution is 2.32. The summed E-state index contributed by atoms with van der Waals surface area (Å²) in [4.78, 5) is 17.0. The number of carbonyl (C=O) groups excluding carboxylic acids is 1. The third-order valence-electron chi connectivity index (χ3n) is 6.48. The van der Waals surface area contributed by atoms with Crippen LogP contribution in [0.4, 0.5) is 0 Å². The number of nitrogens with zero attached hydrogens (tertiary/aromatic N) is 2. The van der Waals surface area contributed by atoms with Crippen LogP contribution in [0.15, 0.2) is 30.3 Å². The second kappa shape index (κ2) is 8.53. The molecule has 3 aliphatic rings. The second-order valence-corrected chi connectivity index (χ2v) is 8.54. The largest absolute Gasteiger partial charge is 0.352 e. The molecule has 1 aliphatic carbocycles. The fourth-order valence-electron chi connectivity index (χ4n) is 4.67. The Labute approximate surface area is 157 Å². The summed E-state index contributed by atoms with van der Waals surface area (Å²) >= 11 is 0. The van der Waals surface area contributed by atoms with Crippen molar-refractivity contribution in [2.24, 2.45) is 11.8 Å². The predicted octanol–water partition coefficient (Wildman–Crippen LogP) is 2.54. The van der Waals surface area contributed by atoms with Crippen LogP contribution in [-0.2, 0) is 11.2 Å². The number of likely N-dealkylation sites (tertiary alicyclic amines) is 2. The molecule has 0 bridgehead atoms. The maximum absolute atomic E-state index is 12.0. The molecule has 2 aliphatic heterocycles. The van der Waals surface area contributed by atoms with Gasteiger partial charge in [0.25, 0.3) is 0 Å². The lowest BCUT2D eigenvalue weighted by Crippen LogP contribution is -2.43. The normalized spacial score (nSPS) is 25.5. The van der Waals surface area contributed by atoms with E-state index >= 15 is 0 Å². The molecule has 1 atom stereocenters. The lowest BCUT2D eigenvalue weighted by Gasteiger charge is -2.34. The van der Waals surface area contributed by atoms with E-state index < -0.39 is 0 Å². The zero-order valence-electron chi connectivity index (χ0n) is 15.9. The minimum atomic E-state index is 0.235. The lowest BCUT2D eigenvalue weighted by atomic mass is 9.84. The molecule has 0 radical (unpaired) electrons. The van der Waals surface area contributed by atoms with Crippen LogP contribution in [0.25, 0.3) is 0 Å². The zero-order chi connectivity index (χ0) is 17.8. The van der Waals surface area contributed by atoms with Gasteiger partial charge in [-0.05, 0) is 75.6 Å². The Kier molecular flexibility index (Phi) is 5.91. The summed E-state index contributed by atoms with van der Waals surface area (Å²) in [6.45, 7) is 6.55. The van der Waals surface area contributed by atoms with Crippen molar-refractivity contribution in [2.45, 2.75) is 44.6 Å². The van der Waals surface area contributed by atoms with E-state index in [1.54, 1.807) is 0 Å². The molecule has 142 valence electrons. The summed E-state index contributed by atoms with van der Waals surface area (Å²) in [6.07, 6.45) is 7.43. The van der Waals surface area contributed by atoms with E-state index in [2.05, 4.69) is 45.4 Å². The molecule has 4 rings (SSSR count). The second-order valence-electron chi connectivity index (χ2n) is 8.54. The monoisotopic (exact) mass is 355 g/mol. The maximum atomic E-state index is 12.0. The minimum Gasteiger partial charge on any atom is -0.352 e. The minimum absolute atomic E-state index is 0.235. The van der Waals surface area contributed by atoms with Gasteiger partial charge in [-0.25, -0.2) is 0 Å².